The molecule has 13 rings (SSSR count). The SMILES string of the molecule is C=C1C[C@@H]2CC[C@@]34C[C@H]5OC6C(O[C@H]7CC[C@H](CC(=O)C[C@@H]8[C@@H](OC)[C@@H](C[C@H](O)CNC(=O)CNC(=O)[C@H](Cc9ccccc9)NC(=O)CNC(=O)CNC(=O)CCN9CCOCCOCCN(C(=O)CCN%10C(=O)C=CC%10=O)CCOCCOCC9)O[C@H]8C[C@H]8O[C@@H](CC[C@@H]1O2)C[C@@H](C)C8=C)O[C@@H]7[C@@H]6O3)[C@H]5O4. The van der Waals surface area contributed by atoms with Gasteiger partial charge in [0.2, 0.25) is 35.4 Å². The van der Waals surface area contributed by atoms with Gasteiger partial charge in [0.15, 0.2) is 5.79 Å². The number of ether oxygens (including phenoxy) is 13. The van der Waals surface area contributed by atoms with Gasteiger partial charge < -0.3 is 98.2 Å². The minimum Gasteiger partial charge on any atom is -0.391 e. The highest BCUT2D eigenvalue weighted by Gasteiger charge is 2.69. The highest BCUT2D eigenvalue weighted by atomic mass is 16.8. The fourth-order valence-corrected chi connectivity index (χ4v) is 17.0. The monoisotopic (exact) mass is 1510 g/mol. The summed E-state index contributed by atoms with van der Waals surface area (Å²) in [7, 11) is 1.57. The van der Waals surface area contributed by atoms with Crippen molar-refractivity contribution in [3.05, 3.63) is 72.4 Å². The van der Waals surface area contributed by atoms with E-state index in [0.29, 0.717) is 70.5 Å². The summed E-state index contributed by atoms with van der Waals surface area (Å²) < 4.78 is 84.0. The number of aliphatic hydroxyl groups is 1. The van der Waals surface area contributed by atoms with Crippen LogP contribution in [-0.4, -0.2) is 308 Å². The van der Waals surface area contributed by atoms with E-state index in [-0.39, 0.29) is 171 Å². The van der Waals surface area contributed by atoms with Crippen molar-refractivity contribution in [3.8, 4) is 0 Å². The van der Waals surface area contributed by atoms with Crippen molar-refractivity contribution in [2.45, 2.75) is 219 Å². The number of rotatable bonds is 21. The van der Waals surface area contributed by atoms with Crippen LogP contribution in [0.5, 0.6) is 0 Å². The lowest BCUT2D eigenvalue weighted by atomic mass is 9.81. The second-order valence-electron chi connectivity index (χ2n) is 30.4. The third-order valence-corrected chi connectivity index (χ3v) is 22.8. The summed E-state index contributed by atoms with van der Waals surface area (Å²) in [6.45, 7) is 13.4. The lowest BCUT2D eigenvalue weighted by Crippen LogP contribution is -2.61. The average molecular weight is 1520 g/mol. The Bertz CT molecular complexity index is 3310. The van der Waals surface area contributed by atoms with Crippen LogP contribution in [0.15, 0.2) is 66.8 Å². The molecule has 0 aliphatic carbocycles. The molecule has 596 valence electrons. The summed E-state index contributed by atoms with van der Waals surface area (Å²) in [4.78, 5) is 123. The van der Waals surface area contributed by atoms with Crippen molar-refractivity contribution in [1.29, 1.82) is 0 Å². The van der Waals surface area contributed by atoms with Gasteiger partial charge in [-0.25, -0.2) is 0 Å². The van der Waals surface area contributed by atoms with Gasteiger partial charge in [0, 0.05) is 129 Å². The normalized spacial score (nSPS) is 34.3. The first-order valence-electron chi connectivity index (χ1n) is 38.9. The number of nitrogens with zero attached hydrogens (tertiary/aromatic N) is 3. The van der Waals surface area contributed by atoms with Gasteiger partial charge in [-0.1, -0.05) is 50.4 Å². The number of hydrogen-bond acceptors (Lipinski definition) is 24. The van der Waals surface area contributed by atoms with E-state index in [1.165, 1.54) is 12.2 Å². The molecule has 1 aromatic rings. The van der Waals surface area contributed by atoms with Crippen molar-refractivity contribution in [2.75, 3.05) is 125 Å². The molecule has 11 fully saturated rings. The van der Waals surface area contributed by atoms with Crippen LogP contribution >= 0.6 is 0 Å². The number of carbonyl (C=O) groups is 9. The summed E-state index contributed by atoms with van der Waals surface area (Å²) in [6.07, 6.45) is 3.16. The summed E-state index contributed by atoms with van der Waals surface area (Å²) in [5, 5.41) is 24.7. The van der Waals surface area contributed by atoms with E-state index in [4.69, 9.17) is 61.6 Å². The minimum absolute atomic E-state index is 0.0227. The molecule has 8 amide bonds. The fourth-order valence-electron chi connectivity index (χ4n) is 17.0. The average Bonchev–Trinajstić information content (AvgIpc) is 1.55. The van der Waals surface area contributed by atoms with Crippen LogP contribution in [-0.2, 0) is 111 Å². The lowest BCUT2D eigenvalue weighted by molar-refractivity contribution is -0.292. The molecule has 11 saturated heterocycles. The van der Waals surface area contributed by atoms with E-state index in [0.717, 1.165) is 48.2 Å². The summed E-state index contributed by atoms with van der Waals surface area (Å²) in [5.41, 5.74) is 2.72. The zero-order valence-electron chi connectivity index (χ0n) is 62.2. The molecular formula is C77H110N8O23. The van der Waals surface area contributed by atoms with Crippen LogP contribution in [0.2, 0.25) is 0 Å². The largest absolute Gasteiger partial charge is 0.391 e. The Morgan fingerprint density at radius 1 is 0.611 bits per heavy atom. The molecule has 0 saturated carbocycles. The van der Waals surface area contributed by atoms with Crippen molar-refractivity contribution >= 4 is 53.0 Å². The van der Waals surface area contributed by atoms with E-state index in [9.17, 15) is 48.3 Å². The van der Waals surface area contributed by atoms with Gasteiger partial charge in [0.05, 0.1) is 140 Å². The Labute approximate surface area is 630 Å². The molecule has 108 heavy (non-hydrogen) atoms. The second kappa shape index (κ2) is 38.6. The third-order valence-electron chi connectivity index (χ3n) is 22.8. The summed E-state index contributed by atoms with van der Waals surface area (Å²) >= 11 is 0. The predicted molar refractivity (Wildman–Crippen MR) is 383 cm³/mol. The number of hydrogen-bond donors (Lipinski definition) is 6. The maximum atomic E-state index is 14.6. The van der Waals surface area contributed by atoms with E-state index >= 15 is 0 Å². The number of imide groups is 1. The van der Waals surface area contributed by atoms with Crippen molar-refractivity contribution < 1.29 is 110 Å². The summed E-state index contributed by atoms with van der Waals surface area (Å²) in [6, 6.07) is 7.74. The molecule has 1 aromatic carbocycles. The zero-order valence-corrected chi connectivity index (χ0v) is 62.2. The minimum atomic E-state index is -1.18. The van der Waals surface area contributed by atoms with Crippen molar-refractivity contribution in [2.24, 2.45) is 11.8 Å². The number of Topliss-reactive ketones (excluding diaryl/α,β-unsaturated/α-hetero) is 1. The van der Waals surface area contributed by atoms with Gasteiger partial charge in [-0.05, 0) is 67.6 Å². The topological polar surface area (TPSA) is 364 Å². The van der Waals surface area contributed by atoms with Crippen LogP contribution < -0.4 is 26.6 Å². The number of amides is 8. The molecule has 0 radical (unpaired) electrons. The third kappa shape index (κ3) is 21.6. The number of ketones is 1. The Kier molecular flexibility index (Phi) is 28.9. The Balaban J connectivity index is 0.583. The predicted octanol–water partition coefficient (Wildman–Crippen LogP) is 0.587. The van der Waals surface area contributed by atoms with Gasteiger partial charge in [-0.2, -0.15) is 0 Å². The van der Waals surface area contributed by atoms with E-state index in [2.05, 4.69) is 46.7 Å². The second-order valence-corrected chi connectivity index (χ2v) is 30.4. The molecule has 12 heterocycles. The van der Waals surface area contributed by atoms with E-state index in [1.807, 2.05) is 4.90 Å². The van der Waals surface area contributed by atoms with Crippen LogP contribution in [0, 0.1) is 11.8 Å². The molecule has 6 N–H and O–H groups in total. The van der Waals surface area contributed by atoms with Gasteiger partial charge in [0.1, 0.15) is 42.3 Å². The smallest absolute Gasteiger partial charge is 0.253 e. The first-order valence-corrected chi connectivity index (χ1v) is 38.9. The number of methoxy groups -OCH3 is 1. The van der Waals surface area contributed by atoms with E-state index in [1.54, 1.807) is 42.3 Å². The first-order chi connectivity index (χ1) is 52.2. The molecule has 0 aromatic heterocycles. The highest BCUT2D eigenvalue weighted by Crippen LogP contribution is 2.55. The van der Waals surface area contributed by atoms with Crippen LogP contribution in [0.4, 0.5) is 0 Å². The van der Waals surface area contributed by atoms with Gasteiger partial charge in [0.25, 0.3) is 11.8 Å². The quantitative estimate of drug-likeness (QED) is 0.0724. The Morgan fingerprint density at radius 3 is 1.98 bits per heavy atom. The molecule has 1 spiro atoms. The molecule has 12 aliphatic rings. The van der Waals surface area contributed by atoms with Gasteiger partial charge in [-0.3, -0.25) is 53.0 Å². The van der Waals surface area contributed by atoms with Crippen LogP contribution in [0.1, 0.15) is 109 Å². The summed E-state index contributed by atoms with van der Waals surface area (Å²) in [5.74, 6) is -5.42. The molecule has 31 heteroatoms. The molecule has 31 nitrogen and oxygen atoms in total. The fraction of sp³-hybridized carbons (Fsp3) is 0.727. The number of benzene rings is 1. The number of aliphatic hydroxyl groups excluding tert-OH is 1. The zero-order chi connectivity index (χ0) is 75.8. The van der Waals surface area contributed by atoms with Crippen LogP contribution in [0.25, 0.3) is 0 Å². The maximum Gasteiger partial charge on any atom is 0.253 e. The molecule has 12 aliphatic heterocycles. The molecular weight excluding hydrogens is 1400 g/mol. The molecule has 12 bridgehead atoms. The van der Waals surface area contributed by atoms with Gasteiger partial charge in [-0.15, -0.1) is 0 Å². The molecule has 20 atom stereocenters. The highest BCUT2D eigenvalue weighted by molar-refractivity contribution is 6.13. The van der Waals surface area contributed by atoms with Gasteiger partial charge >= 0.3 is 0 Å². The maximum absolute atomic E-state index is 14.6. The number of carbonyl (C=O) groups excluding carboxylic acids is 9. The number of nitrogens with one attached hydrogen (secondary N) is 5. The Morgan fingerprint density at radius 2 is 1.25 bits per heavy atom. The van der Waals surface area contributed by atoms with Crippen LogP contribution in [0.3, 0.4) is 0 Å². The standard InChI is InChI=1S/C77H110N8O23/c1-46-34-52-10-12-57-47(2)35-54(101-57)16-19-77-41-62-72(107-77)73-74(106-62)75(108-77)71-58(105-73)13-11-53(103-71)37-50(86)38-55-60(40-59(102-52)48(46)3)104-61(70(55)96-4)39-51(87)42-78-65(90)44-81-76(95)56(36-49-8-6-5-7-9-49)82-66(91)45-80-64(89)43-79-63(88)17-20-83-22-26-97-30-32-99-28-24-84(25-29-100-33-31-98-27-23-83)67(92)18-21-85-68(93)14-15-69(85)94/h5-9,14-15,46,51-62,70-75,87H,2-3,10-13,16-45H2,1,4H3,(H,78,90)(H,79,88)(H,80,89)(H,81,95)(H,82,91)/t46-,51+,52+,53-,54+,55+,56+,57+,58+,59-,60+,61-,62-,70-,71+,72+,73?,74?,75+,77+/m1/s1. The van der Waals surface area contributed by atoms with E-state index < -0.39 is 128 Å². The lowest BCUT2D eigenvalue weighted by Gasteiger charge is -2.47. The van der Waals surface area contributed by atoms with Crippen molar-refractivity contribution in [3.63, 3.8) is 0 Å². The number of fused-ring (bicyclic) bond motifs is 6. The first kappa shape index (κ1) is 81.0. The Hall–Kier alpha value is -6.53. The van der Waals surface area contributed by atoms with Crippen molar-refractivity contribution in [1.82, 2.24) is 41.3 Å². The molecule has 2 unspecified atom stereocenters.